The second-order valence-corrected chi connectivity index (χ2v) is 3.90. The number of rotatable bonds is 2. The minimum atomic E-state index is -0.553. The molecule has 0 aliphatic rings. The Bertz CT molecular complexity index is 683. The zero-order valence-corrected chi connectivity index (χ0v) is 10.3. The van der Waals surface area contributed by atoms with E-state index in [4.69, 9.17) is 16.4 Å². The van der Waals surface area contributed by atoms with Gasteiger partial charge in [0.15, 0.2) is 11.5 Å². The second kappa shape index (κ2) is 4.35. The molecule has 18 heavy (non-hydrogen) atoms. The summed E-state index contributed by atoms with van der Waals surface area (Å²) in [4.78, 5) is 16.9. The van der Waals surface area contributed by atoms with Gasteiger partial charge in [-0.3, -0.25) is 4.79 Å². The molecular weight excluding hydrogens is 262 g/mol. The van der Waals surface area contributed by atoms with E-state index in [1.807, 2.05) is 0 Å². The Balaban J connectivity index is 2.99. The fraction of sp³-hybridized carbons (Fsp3) is 0.200. The first-order valence-electron chi connectivity index (χ1n) is 4.92. The molecule has 0 saturated heterocycles. The lowest BCUT2D eigenvalue weighted by molar-refractivity contribution is 0.212. The average molecular weight is 272 g/mol. The predicted molar refractivity (Wildman–Crippen MR) is 65.0 cm³/mol. The van der Waals surface area contributed by atoms with Gasteiger partial charge in [0.05, 0.1) is 15.8 Å². The van der Waals surface area contributed by atoms with Gasteiger partial charge in [0, 0.05) is 14.1 Å². The molecule has 0 radical (unpaired) electrons. The number of phenolic OH excluding ortho intramolecular Hbond substituents is 2. The van der Waals surface area contributed by atoms with Crippen LogP contribution in [-0.4, -0.2) is 27.0 Å². The van der Waals surface area contributed by atoms with Crippen LogP contribution in [0.3, 0.4) is 0 Å². The van der Waals surface area contributed by atoms with Crippen molar-refractivity contribution < 1.29 is 15.1 Å². The number of hydrogen-bond donors (Lipinski definition) is 3. The molecule has 0 aliphatic heterocycles. The van der Waals surface area contributed by atoms with Crippen molar-refractivity contribution in [3.8, 4) is 17.4 Å². The number of nitrogens with one attached hydrogen (secondary N) is 1. The van der Waals surface area contributed by atoms with Gasteiger partial charge in [-0.05, 0) is 6.07 Å². The van der Waals surface area contributed by atoms with Gasteiger partial charge in [-0.15, -0.1) is 5.10 Å². The van der Waals surface area contributed by atoms with E-state index in [0.29, 0.717) is 0 Å². The number of fused-ring (bicyclic) bond motifs is 1. The highest BCUT2D eigenvalue weighted by molar-refractivity contribution is 6.37. The number of aryl methyl sites for hydroxylation is 1. The molecule has 0 fully saturated rings. The summed E-state index contributed by atoms with van der Waals surface area (Å²) in [6.07, 6.45) is 0. The first-order valence-corrected chi connectivity index (χ1v) is 5.30. The second-order valence-electron chi connectivity index (χ2n) is 3.52. The van der Waals surface area contributed by atoms with Crippen molar-refractivity contribution in [1.29, 1.82) is 0 Å². The standard InChI is InChI=1S/C10H10ClN3O4/c1-12-18-9-4-3-5(15)8(16)7(11)6(4)10(17)14(2)13-9/h3,12,15-16H,1-2H3. The van der Waals surface area contributed by atoms with Crippen LogP contribution in [0.25, 0.3) is 10.8 Å². The number of benzene rings is 1. The van der Waals surface area contributed by atoms with Crippen molar-refractivity contribution in [2.45, 2.75) is 0 Å². The van der Waals surface area contributed by atoms with E-state index >= 15 is 0 Å². The van der Waals surface area contributed by atoms with Gasteiger partial charge in [-0.25, -0.2) is 4.68 Å². The number of aromatic nitrogens is 2. The van der Waals surface area contributed by atoms with Gasteiger partial charge in [0.25, 0.3) is 11.4 Å². The molecule has 3 N–H and O–H groups in total. The van der Waals surface area contributed by atoms with Crippen LogP contribution in [0.4, 0.5) is 0 Å². The van der Waals surface area contributed by atoms with E-state index in [2.05, 4.69) is 10.6 Å². The Morgan fingerprint density at radius 2 is 2.17 bits per heavy atom. The average Bonchev–Trinajstić information content (AvgIpc) is 2.33. The maximum Gasteiger partial charge on any atom is 0.276 e. The lowest BCUT2D eigenvalue weighted by Gasteiger charge is -2.10. The number of halogens is 1. The summed E-state index contributed by atoms with van der Waals surface area (Å²) >= 11 is 5.85. The number of hydrogen-bond acceptors (Lipinski definition) is 6. The largest absolute Gasteiger partial charge is 0.504 e. The quantitative estimate of drug-likeness (QED) is 0.544. The van der Waals surface area contributed by atoms with Crippen molar-refractivity contribution in [3.63, 3.8) is 0 Å². The van der Waals surface area contributed by atoms with Crippen LogP contribution >= 0.6 is 11.6 Å². The molecule has 96 valence electrons. The van der Waals surface area contributed by atoms with Crippen molar-refractivity contribution >= 4 is 22.4 Å². The Hall–Kier alpha value is -1.99. The minimum Gasteiger partial charge on any atom is -0.504 e. The van der Waals surface area contributed by atoms with Gasteiger partial charge in [0.1, 0.15) is 0 Å². The fourth-order valence-corrected chi connectivity index (χ4v) is 1.85. The van der Waals surface area contributed by atoms with E-state index in [-0.39, 0.29) is 21.7 Å². The van der Waals surface area contributed by atoms with E-state index in [1.165, 1.54) is 14.1 Å². The zero-order chi connectivity index (χ0) is 13.4. The van der Waals surface area contributed by atoms with Gasteiger partial charge in [-0.2, -0.15) is 5.48 Å². The highest BCUT2D eigenvalue weighted by Crippen LogP contribution is 2.39. The number of phenols is 2. The highest BCUT2D eigenvalue weighted by Gasteiger charge is 2.18. The molecule has 0 amide bonds. The maximum atomic E-state index is 11.9. The molecule has 1 aromatic carbocycles. The molecule has 1 heterocycles. The van der Waals surface area contributed by atoms with Crippen LogP contribution in [-0.2, 0) is 7.05 Å². The predicted octanol–water partition coefficient (Wildman–Crippen LogP) is 0.511. The molecule has 8 heteroatoms. The molecule has 2 rings (SSSR count). The van der Waals surface area contributed by atoms with Crippen LogP contribution < -0.4 is 15.9 Å². The van der Waals surface area contributed by atoms with Crippen LogP contribution in [0.2, 0.25) is 5.02 Å². The van der Waals surface area contributed by atoms with E-state index in [0.717, 1.165) is 10.7 Å². The Morgan fingerprint density at radius 3 is 2.78 bits per heavy atom. The molecular formula is C10H10ClN3O4. The summed E-state index contributed by atoms with van der Waals surface area (Å²) < 4.78 is 1.03. The Labute approximate surface area is 106 Å². The normalized spacial score (nSPS) is 10.8. The van der Waals surface area contributed by atoms with Crippen molar-refractivity contribution in [3.05, 3.63) is 21.4 Å². The first kappa shape index (κ1) is 12.5. The number of hydroxylamine groups is 1. The first-order chi connectivity index (χ1) is 8.47. The molecule has 0 spiro atoms. The summed E-state index contributed by atoms with van der Waals surface area (Å²) in [5.74, 6) is -0.946. The van der Waals surface area contributed by atoms with Gasteiger partial charge in [0.2, 0.25) is 0 Å². The van der Waals surface area contributed by atoms with Gasteiger partial charge in [-0.1, -0.05) is 11.6 Å². The summed E-state index contributed by atoms with van der Waals surface area (Å²) in [5, 5.41) is 22.9. The molecule has 0 saturated carbocycles. The molecule has 0 atom stereocenters. The summed E-state index contributed by atoms with van der Waals surface area (Å²) in [5.41, 5.74) is 1.91. The molecule has 0 aliphatic carbocycles. The van der Waals surface area contributed by atoms with Gasteiger partial charge < -0.3 is 15.1 Å². The summed E-state index contributed by atoms with van der Waals surface area (Å²) in [6.45, 7) is 0. The van der Waals surface area contributed by atoms with E-state index in [9.17, 15) is 15.0 Å². The highest BCUT2D eigenvalue weighted by atomic mass is 35.5. The number of nitrogens with zero attached hydrogens (tertiary/aromatic N) is 2. The Kier molecular flexibility index (Phi) is 3.02. The van der Waals surface area contributed by atoms with Crippen molar-refractivity contribution in [2.24, 2.45) is 7.05 Å². The third kappa shape index (κ3) is 1.73. The van der Waals surface area contributed by atoms with Crippen LogP contribution in [0.1, 0.15) is 0 Å². The third-order valence-corrected chi connectivity index (χ3v) is 2.77. The summed E-state index contributed by atoms with van der Waals surface area (Å²) in [7, 11) is 2.94. The topological polar surface area (TPSA) is 96.6 Å². The SMILES string of the molecule is CNOc1nn(C)c(=O)c2c(Cl)c(O)c(O)cc12. The van der Waals surface area contributed by atoms with Crippen LogP contribution in [0.15, 0.2) is 10.9 Å². The molecule has 1 aromatic heterocycles. The van der Waals surface area contributed by atoms with E-state index < -0.39 is 17.1 Å². The lowest BCUT2D eigenvalue weighted by Crippen LogP contribution is -2.23. The smallest absolute Gasteiger partial charge is 0.276 e. The van der Waals surface area contributed by atoms with E-state index in [1.54, 1.807) is 0 Å². The lowest BCUT2D eigenvalue weighted by atomic mass is 10.1. The van der Waals surface area contributed by atoms with Crippen molar-refractivity contribution in [1.82, 2.24) is 15.3 Å². The third-order valence-electron chi connectivity index (χ3n) is 2.40. The van der Waals surface area contributed by atoms with Gasteiger partial charge >= 0.3 is 0 Å². The molecule has 2 aromatic rings. The number of aromatic hydroxyl groups is 2. The minimum absolute atomic E-state index is 0.0229. The van der Waals surface area contributed by atoms with Crippen LogP contribution in [0.5, 0.6) is 17.4 Å². The summed E-state index contributed by atoms with van der Waals surface area (Å²) in [6, 6.07) is 1.16. The molecule has 0 unspecified atom stereocenters. The van der Waals surface area contributed by atoms with Crippen molar-refractivity contribution in [2.75, 3.05) is 7.05 Å². The fourth-order valence-electron chi connectivity index (χ4n) is 1.57. The molecule has 0 bridgehead atoms. The Morgan fingerprint density at radius 1 is 1.50 bits per heavy atom. The van der Waals surface area contributed by atoms with Crippen LogP contribution in [0, 0.1) is 0 Å². The zero-order valence-electron chi connectivity index (χ0n) is 9.56. The molecule has 7 nitrogen and oxygen atoms in total. The maximum absolute atomic E-state index is 11.9. The monoisotopic (exact) mass is 271 g/mol.